The summed E-state index contributed by atoms with van der Waals surface area (Å²) in [6.45, 7) is 0.461. The van der Waals surface area contributed by atoms with Gasteiger partial charge in [0.25, 0.3) is 0 Å². The summed E-state index contributed by atoms with van der Waals surface area (Å²) >= 11 is 0. The van der Waals surface area contributed by atoms with E-state index < -0.39 is 6.61 Å². The molecule has 1 N–H and O–H groups in total. The number of rotatable bonds is 8. The van der Waals surface area contributed by atoms with Crippen molar-refractivity contribution in [3.8, 4) is 16.9 Å². The highest BCUT2D eigenvalue weighted by molar-refractivity contribution is 5.63. The Bertz CT molecular complexity index is 960. The van der Waals surface area contributed by atoms with Crippen LogP contribution in [0, 0.1) is 6.42 Å². The monoisotopic (exact) mass is 424 g/mol. The van der Waals surface area contributed by atoms with Crippen LogP contribution in [0.25, 0.3) is 11.1 Å². The molecule has 31 heavy (non-hydrogen) atoms. The van der Waals surface area contributed by atoms with E-state index in [4.69, 9.17) is 0 Å². The maximum atomic E-state index is 12.3. The van der Waals surface area contributed by atoms with Crippen LogP contribution in [0.5, 0.6) is 5.75 Å². The third-order valence-electron chi connectivity index (χ3n) is 5.13. The summed E-state index contributed by atoms with van der Waals surface area (Å²) in [5, 5.41) is 3.18. The van der Waals surface area contributed by atoms with E-state index in [-0.39, 0.29) is 5.75 Å². The number of piperidine rings is 1. The molecule has 0 bridgehead atoms. The Labute approximate surface area is 180 Å². The van der Waals surface area contributed by atoms with E-state index in [9.17, 15) is 8.78 Å². The van der Waals surface area contributed by atoms with Crippen LogP contribution < -0.4 is 10.1 Å². The second kappa shape index (κ2) is 10.3. The Hall–Kier alpha value is -3.13. The third-order valence-corrected chi connectivity index (χ3v) is 5.13. The summed E-state index contributed by atoms with van der Waals surface area (Å²) in [6.07, 6.45) is 12.6. The van der Waals surface area contributed by atoms with Crippen molar-refractivity contribution in [2.75, 3.05) is 25.0 Å². The number of halogens is 2. The number of nitrogens with one attached hydrogen (secondary N) is 1. The summed E-state index contributed by atoms with van der Waals surface area (Å²) in [7, 11) is 0. The number of hydrogen-bond acceptors (Lipinski definition) is 6. The Morgan fingerprint density at radius 1 is 0.968 bits per heavy atom. The molecule has 0 unspecified atom stereocenters. The molecule has 0 spiro atoms. The third kappa shape index (κ3) is 6.18. The summed E-state index contributed by atoms with van der Waals surface area (Å²) in [6, 6.07) is 8.44. The number of pyridine rings is 1. The smallest absolute Gasteiger partial charge is 0.387 e. The predicted molar refractivity (Wildman–Crippen MR) is 115 cm³/mol. The topological polar surface area (TPSA) is 63.2 Å². The summed E-state index contributed by atoms with van der Waals surface area (Å²) in [5.74, 6) is 0.580. The van der Waals surface area contributed by atoms with E-state index in [1.165, 1.54) is 30.5 Å². The van der Waals surface area contributed by atoms with Crippen LogP contribution in [-0.2, 0) is 6.42 Å². The number of benzene rings is 1. The minimum absolute atomic E-state index is 0.115. The largest absolute Gasteiger partial charge is 0.435 e. The first-order valence-electron chi connectivity index (χ1n) is 10.3. The first kappa shape index (κ1) is 21.1. The highest BCUT2D eigenvalue weighted by atomic mass is 19.3. The van der Waals surface area contributed by atoms with Crippen LogP contribution in [0.3, 0.4) is 0 Å². The Balaban J connectivity index is 1.35. The number of alkyl halides is 2. The molecule has 1 saturated heterocycles. The molecule has 1 aliphatic rings. The highest BCUT2D eigenvalue weighted by Gasteiger charge is 2.10. The highest BCUT2D eigenvalue weighted by Crippen LogP contribution is 2.23. The number of hydrogen-bond donors (Lipinski definition) is 1. The van der Waals surface area contributed by atoms with Crippen LogP contribution in [-0.4, -0.2) is 46.1 Å². The fourth-order valence-electron chi connectivity index (χ4n) is 3.51. The van der Waals surface area contributed by atoms with Gasteiger partial charge in [-0.15, -0.1) is 0 Å². The zero-order valence-electron chi connectivity index (χ0n) is 17.0. The van der Waals surface area contributed by atoms with Crippen molar-refractivity contribution in [1.29, 1.82) is 0 Å². The summed E-state index contributed by atoms with van der Waals surface area (Å²) < 4.78 is 28.9. The molecule has 8 heteroatoms. The Morgan fingerprint density at radius 3 is 2.42 bits per heavy atom. The van der Waals surface area contributed by atoms with Gasteiger partial charge in [0.2, 0.25) is 5.95 Å². The lowest BCUT2D eigenvalue weighted by Gasteiger charge is -2.26. The minimum Gasteiger partial charge on any atom is -0.435 e. The van der Waals surface area contributed by atoms with Crippen molar-refractivity contribution in [3.05, 3.63) is 67.1 Å². The van der Waals surface area contributed by atoms with Crippen molar-refractivity contribution in [3.63, 3.8) is 0 Å². The second-order valence-corrected chi connectivity index (χ2v) is 7.36. The van der Waals surface area contributed by atoms with Gasteiger partial charge in [0.05, 0.1) is 11.9 Å². The van der Waals surface area contributed by atoms with E-state index in [0.29, 0.717) is 5.95 Å². The average molecular weight is 424 g/mol. The standard InChI is InChI=1S/C23H24F2N5O/c24-22(25)31-21-6-4-18(5-7-21)19-14-27-23(28-15-19)29-20-12-17(13-26-16-20)8-11-30-9-2-1-3-10-30/h1,4-7,12-16,22H,2-3,8-11H2,(H,27,28,29). The van der Waals surface area contributed by atoms with Gasteiger partial charge in [-0.1, -0.05) is 12.1 Å². The Kier molecular flexibility index (Phi) is 6.99. The van der Waals surface area contributed by atoms with E-state index in [2.05, 4.69) is 42.4 Å². The van der Waals surface area contributed by atoms with E-state index in [0.717, 1.165) is 42.9 Å². The van der Waals surface area contributed by atoms with Crippen LogP contribution >= 0.6 is 0 Å². The molecule has 0 amide bonds. The molecule has 1 aromatic carbocycles. The second-order valence-electron chi connectivity index (χ2n) is 7.36. The van der Waals surface area contributed by atoms with Crippen LogP contribution in [0.2, 0.25) is 0 Å². The van der Waals surface area contributed by atoms with Crippen LogP contribution in [0.15, 0.2) is 55.1 Å². The predicted octanol–water partition coefficient (Wildman–Crippen LogP) is 4.73. The van der Waals surface area contributed by atoms with Gasteiger partial charge >= 0.3 is 6.61 Å². The first-order valence-corrected chi connectivity index (χ1v) is 10.3. The summed E-state index contributed by atoms with van der Waals surface area (Å²) in [4.78, 5) is 15.5. The number of aromatic nitrogens is 3. The fourth-order valence-corrected chi connectivity index (χ4v) is 3.51. The van der Waals surface area contributed by atoms with Crippen LogP contribution in [0.1, 0.15) is 18.4 Å². The zero-order valence-corrected chi connectivity index (χ0v) is 17.0. The lowest BCUT2D eigenvalue weighted by Crippen LogP contribution is -2.31. The molecule has 0 saturated carbocycles. The maximum absolute atomic E-state index is 12.3. The van der Waals surface area contributed by atoms with E-state index >= 15 is 0 Å². The fraction of sp³-hybridized carbons (Fsp3) is 0.304. The molecule has 0 atom stereocenters. The van der Waals surface area contributed by atoms with E-state index in [1.807, 2.05) is 6.20 Å². The molecule has 1 fully saturated rings. The van der Waals surface area contributed by atoms with Gasteiger partial charge in [0.15, 0.2) is 0 Å². The van der Waals surface area contributed by atoms with E-state index in [1.54, 1.807) is 30.7 Å². The molecular weight excluding hydrogens is 400 g/mol. The molecule has 4 rings (SSSR count). The molecule has 3 aromatic rings. The van der Waals surface area contributed by atoms with Gasteiger partial charge in [0, 0.05) is 30.7 Å². The molecule has 161 valence electrons. The van der Waals surface area contributed by atoms with Gasteiger partial charge in [-0.3, -0.25) is 4.98 Å². The van der Waals surface area contributed by atoms with Gasteiger partial charge in [-0.2, -0.15) is 8.78 Å². The molecule has 3 heterocycles. The molecular formula is C23H24F2N5O. The number of anilines is 2. The van der Waals surface area contributed by atoms with Gasteiger partial charge in [-0.05, 0) is 68.1 Å². The van der Waals surface area contributed by atoms with Gasteiger partial charge in [-0.25, -0.2) is 9.97 Å². The summed E-state index contributed by atoms with van der Waals surface area (Å²) in [5.41, 5.74) is 3.60. The molecule has 1 aliphatic heterocycles. The number of nitrogens with zero attached hydrogens (tertiary/aromatic N) is 4. The molecule has 6 nitrogen and oxygen atoms in total. The lowest BCUT2D eigenvalue weighted by atomic mass is 10.1. The van der Waals surface area contributed by atoms with Crippen molar-refractivity contribution in [2.45, 2.75) is 25.9 Å². The molecule has 0 aliphatic carbocycles. The van der Waals surface area contributed by atoms with Crippen molar-refractivity contribution in [1.82, 2.24) is 19.9 Å². The Morgan fingerprint density at radius 2 is 1.71 bits per heavy atom. The minimum atomic E-state index is -2.84. The normalized spacial score (nSPS) is 14.5. The average Bonchev–Trinajstić information content (AvgIpc) is 2.79. The maximum Gasteiger partial charge on any atom is 0.387 e. The number of ether oxygens (including phenoxy) is 1. The molecule has 1 radical (unpaired) electrons. The van der Waals surface area contributed by atoms with Crippen molar-refractivity contribution < 1.29 is 13.5 Å². The molecule has 2 aromatic heterocycles. The van der Waals surface area contributed by atoms with Crippen molar-refractivity contribution >= 4 is 11.6 Å². The van der Waals surface area contributed by atoms with Gasteiger partial charge < -0.3 is 15.0 Å². The quantitative estimate of drug-likeness (QED) is 0.564. The lowest BCUT2D eigenvalue weighted by molar-refractivity contribution is -0.0498. The SMILES string of the molecule is FC(F)Oc1ccc(-c2cnc(Nc3cncc(CCN4CC[CH]CC4)c3)nc2)cc1. The number of likely N-dealkylation sites (tertiary alicyclic amines) is 1. The van der Waals surface area contributed by atoms with Crippen molar-refractivity contribution in [2.24, 2.45) is 0 Å². The zero-order chi connectivity index (χ0) is 21.5. The van der Waals surface area contributed by atoms with Gasteiger partial charge in [0.1, 0.15) is 5.75 Å². The first-order chi connectivity index (χ1) is 15.2. The van der Waals surface area contributed by atoms with Crippen LogP contribution in [0.4, 0.5) is 20.4 Å².